The number of carbonyl (C=O) groups is 2. The third-order valence-corrected chi connectivity index (χ3v) is 5.44. The number of Topliss-reactive ketones (excluding diaryl/α,β-unsaturated/α-hetero) is 1. The van der Waals surface area contributed by atoms with Crippen molar-refractivity contribution in [3.05, 3.63) is 71.3 Å². The SMILES string of the molecule is COc1ccc([C@H]2C(=C(O)c3ccccc3)C(=O)C(=O)N2C[C@@H]2CCCO2)cc1. The molecule has 4 rings (SSSR count). The van der Waals surface area contributed by atoms with Crippen LogP contribution in [0.25, 0.3) is 5.76 Å². The number of aliphatic hydroxyl groups excluding tert-OH is 1. The van der Waals surface area contributed by atoms with Crippen LogP contribution in [0, 0.1) is 0 Å². The molecule has 0 saturated carbocycles. The number of hydrogen-bond acceptors (Lipinski definition) is 5. The van der Waals surface area contributed by atoms with Gasteiger partial charge < -0.3 is 19.5 Å². The molecule has 2 aliphatic rings. The molecule has 2 heterocycles. The highest BCUT2D eigenvalue weighted by Crippen LogP contribution is 2.40. The van der Waals surface area contributed by atoms with E-state index in [0.717, 1.165) is 18.4 Å². The second-order valence-electron chi connectivity index (χ2n) is 7.23. The average Bonchev–Trinajstić information content (AvgIpc) is 3.36. The van der Waals surface area contributed by atoms with Crippen molar-refractivity contribution < 1.29 is 24.2 Å². The molecule has 0 aromatic heterocycles. The number of amides is 1. The van der Waals surface area contributed by atoms with E-state index < -0.39 is 17.7 Å². The van der Waals surface area contributed by atoms with Gasteiger partial charge in [-0.15, -0.1) is 0 Å². The van der Waals surface area contributed by atoms with E-state index in [1.165, 1.54) is 4.90 Å². The van der Waals surface area contributed by atoms with Crippen LogP contribution >= 0.6 is 0 Å². The standard InChI is InChI=1S/C23H23NO5/c1-28-17-11-9-15(10-12-17)20-19(21(25)16-6-3-2-4-7-16)22(26)23(27)24(20)14-18-8-5-13-29-18/h2-4,6-7,9-12,18,20,25H,5,8,13-14H2,1H3/t18-,20-/m0/s1. The third-order valence-electron chi connectivity index (χ3n) is 5.44. The Hall–Kier alpha value is -3.12. The summed E-state index contributed by atoms with van der Waals surface area (Å²) in [5.74, 6) is -0.781. The van der Waals surface area contributed by atoms with E-state index in [0.29, 0.717) is 24.5 Å². The fraction of sp³-hybridized carbons (Fsp3) is 0.304. The molecule has 2 atom stereocenters. The first kappa shape index (κ1) is 19.2. The molecule has 2 fully saturated rings. The zero-order valence-corrected chi connectivity index (χ0v) is 16.2. The van der Waals surface area contributed by atoms with Crippen molar-refractivity contribution >= 4 is 17.4 Å². The minimum absolute atomic E-state index is 0.101. The van der Waals surface area contributed by atoms with Gasteiger partial charge in [0.2, 0.25) is 0 Å². The summed E-state index contributed by atoms with van der Waals surface area (Å²) in [6, 6.07) is 15.3. The molecule has 29 heavy (non-hydrogen) atoms. The largest absolute Gasteiger partial charge is 0.507 e. The van der Waals surface area contributed by atoms with E-state index in [-0.39, 0.29) is 17.4 Å². The van der Waals surface area contributed by atoms with Gasteiger partial charge in [0.1, 0.15) is 11.5 Å². The minimum Gasteiger partial charge on any atom is -0.507 e. The molecule has 6 heteroatoms. The maximum Gasteiger partial charge on any atom is 0.295 e. The highest BCUT2D eigenvalue weighted by atomic mass is 16.5. The lowest BCUT2D eigenvalue weighted by Gasteiger charge is -2.27. The molecule has 2 aliphatic heterocycles. The average molecular weight is 393 g/mol. The van der Waals surface area contributed by atoms with Crippen LogP contribution in [0.3, 0.4) is 0 Å². The predicted octanol–water partition coefficient (Wildman–Crippen LogP) is 3.30. The molecule has 0 radical (unpaired) electrons. The lowest BCUT2D eigenvalue weighted by Crippen LogP contribution is -2.36. The maximum absolute atomic E-state index is 12.9. The number of benzene rings is 2. The van der Waals surface area contributed by atoms with E-state index in [1.54, 1.807) is 43.5 Å². The molecule has 0 unspecified atom stereocenters. The number of likely N-dealkylation sites (tertiary alicyclic amines) is 1. The predicted molar refractivity (Wildman–Crippen MR) is 107 cm³/mol. The Morgan fingerprint density at radius 1 is 1.14 bits per heavy atom. The van der Waals surface area contributed by atoms with Crippen molar-refractivity contribution in [3.63, 3.8) is 0 Å². The van der Waals surface area contributed by atoms with Crippen LogP contribution in [0.4, 0.5) is 0 Å². The number of aliphatic hydroxyl groups is 1. The molecule has 2 saturated heterocycles. The van der Waals surface area contributed by atoms with Crippen LogP contribution in [0.15, 0.2) is 60.2 Å². The Balaban J connectivity index is 1.80. The first-order chi connectivity index (χ1) is 14.1. The lowest BCUT2D eigenvalue weighted by atomic mass is 9.95. The topological polar surface area (TPSA) is 76.1 Å². The molecule has 0 aliphatic carbocycles. The summed E-state index contributed by atoms with van der Waals surface area (Å²) in [4.78, 5) is 27.4. The van der Waals surface area contributed by atoms with Crippen molar-refractivity contribution in [2.75, 3.05) is 20.3 Å². The third kappa shape index (κ3) is 3.63. The molecule has 2 aromatic rings. The highest BCUT2D eigenvalue weighted by molar-refractivity contribution is 6.46. The van der Waals surface area contributed by atoms with Gasteiger partial charge in [0.15, 0.2) is 0 Å². The van der Waals surface area contributed by atoms with Gasteiger partial charge in [-0.2, -0.15) is 0 Å². The fourth-order valence-electron chi connectivity index (χ4n) is 3.96. The summed E-state index contributed by atoms with van der Waals surface area (Å²) < 4.78 is 10.9. The summed E-state index contributed by atoms with van der Waals surface area (Å²) in [6.07, 6.45) is 1.67. The van der Waals surface area contributed by atoms with Crippen molar-refractivity contribution in [2.45, 2.75) is 25.0 Å². The lowest BCUT2D eigenvalue weighted by molar-refractivity contribution is -0.140. The molecule has 1 N–H and O–H groups in total. The Morgan fingerprint density at radius 3 is 2.48 bits per heavy atom. The number of hydrogen-bond donors (Lipinski definition) is 1. The summed E-state index contributed by atoms with van der Waals surface area (Å²) in [5, 5.41) is 10.9. The number of ether oxygens (including phenoxy) is 2. The van der Waals surface area contributed by atoms with Crippen LogP contribution in [0.2, 0.25) is 0 Å². The Labute approximate surface area is 169 Å². The quantitative estimate of drug-likeness (QED) is 0.479. The van der Waals surface area contributed by atoms with E-state index in [9.17, 15) is 14.7 Å². The van der Waals surface area contributed by atoms with Crippen LogP contribution in [0.1, 0.15) is 30.0 Å². The smallest absolute Gasteiger partial charge is 0.295 e. The molecule has 0 spiro atoms. The van der Waals surface area contributed by atoms with Gasteiger partial charge in [-0.3, -0.25) is 9.59 Å². The van der Waals surface area contributed by atoms with Crippen molar-refractivity contribution in [1.82, 2.24) is 4.90 Å². The van der Waals surface area contributed by atoms with Crippen LogP contribution in [-0.2, 0) is 14.3 Å². The van der Waals surface area contributed by atoms with Crippen molar-refractivity contribution in [2.24, 2.45) is 0 Å². The number of ketones is 1. The van der Waals surface area contributed by atoms with Gasteiger partial charge in [0.25, 0.3) is 11.7 Å². The first-order valence-electron chi connectivity index (χ1n) is 9.69. The summed E-state index contributed by atoms with van der Waals surface area (Å²) >= 11 is 0. The normalized spacial score (nSPS) is 23.6. The van der Waals surface area contributed by atoms with Gasteiger partial charge in [-0.1, -0.05) is 42.5 Å². The summed E-state index contributed by atoms with van der Waals surface area (Å²) in [5.41, 5.74) is 1.34. The first-order valence-corrected chi connectivity index (χ1v) is 9.69. The minimum atomic E-state index is -0.676. The number of carbonyl (C=O) groups excluding carboxylic acids is 2. The summed E-state index contributed by atoms with van der Waals surface area (Å²) in [7, 11) is 1.58. The van der Waals surface area contributed by atoms with E-state index in [2.05, 4.69) is 0 Å². The van der Waals surface area contributed by atoms with Crippen LogP contribution in [0.5, 0.6) is 5.75 Å². The van der Waals surface area contributed by atoms with Crippen molar-refractivity contribution in [3.8, 4) is 5.75 Å². The maximum atomic E-state index is 12.9. The Kier molecular flexibility index (Phi) is 5.36. The number of methoxy groups -OCH3 is 1. The molecule has 2 aromatic carbocycles. The molecule has 6 nitrogen and oxygen atoms in total. The second kappa shape index (κ2) is 8.09. The van der Waals surface area contributed by atoms with E-state index in [1.807, 2.05) is 18.2 Å². The van der Waals surface area contributed by atoms with Gasteiger partial charge in [0, 0.05) is 18.7 Å². The Morgan fingerprint density at radius 2 is 1.86 bits per heavy atom. The van der Waals surface area contributed by atoms with Gasteiger partial charge in [-0.05, 0) is 30.5 Å². The molecule has 1 amide bonds. The van der Waals surface area contributed by atoms with Gasteiger partial charge in [-0.25, -0.2) is 0 Å². The van der Waals surface area contributed by atoms with Crippen LogP contribution < -0.4 is 4.74 Å². The zero-order chi connectivity index (χ0) is 20.4. The van der Waals surface area contributed by atoms with Crippen molar-refractivity contribution in [1.29, 1.82) is 0 Å². The summed E-state index contributed by atoms with van der Waals surface area (Å²) in [6.45, 7) is 0.971. The molecular formula is C23H23NO5. The van der Waals surface area contributed by atoms with Gasteiger partial charge >= 0.3 is 0 Å². The second-order valence-corrected chi connectivity index (χ2v) is 7.23. The number of rotatable bonds is 5. The van der Waals surface area contributed by atoms with Gasteiger partial charge in [0.05, 0.1) is 24.8 Å². The highest BCUT2D eigenvalue weighted by Gasteiger charge is 2.47. The molecular weight excluding hydrogens is 370 g/mol. The molecule has 0 bridgehead atoms. The zero-order valence-electron chi connectivity index (χ0n) is 16.2. The van der Waals surface area contributed by atoms with Crippen LogP contribution in [-0.4, -0.2) is 48.1 Å². The monoisotopic (exact) mass is 393 g/mol. The Bertz CT molecular complexity index is 930. The van der Waals surface area contributed by atoms with E-state index >= 15 is 0 Å². The van der Waals surface area contributed by atoms with E-state index in [4.69, 9.17) is 9.47 Å². The molecule has 150 valence electrons. The number of nitrogens with zero attached hydrogens (tertiary/aromatic N) is 1. The fourth-order valence-corrected chi connectivity index (χ4v) is 3.96.